The first kappa shape index (κ1) is 22.0. The third-order valence-electron chi connectivity index (χ3n) is 4.18. The van der Waals surface area contributed by atoms with Gasteiger partial charge in [0.15, 0.2) is 5.16 Å². The molecule has 11 heteroatoms. The molecule has 29 heavy (non-hydrogen) atoms. The Bertz CT molecular complexity index is 1010. The van der Waals surface area contributed by atoms with Crippen molar-refractivity contribution < 1.29 is 18.0 Å². The summed E-state index contributed by atoms with van der Waals surface area (Å²) in [4.78, 5) is 30.1. The fraction of sp³-hybridized carbons (Fsp3) is 0.389. The van der Waals surface area contributed by atoms with Crippen molar-refractivity contribution >= 4 is 46.7 Å². The normalized spacial score (nSPS) is 16.0. The number of anilines is 1. The number of hydrogen-bond acceptors (Lipinski definition) is 5. The van der Waals surface area contributed by atoms with Gasteiger partial charge in [-0.2, -0.15) is 13.2 Å². The Morgan fingerprint density at radius 3 is 2.83 bits per heavy atom. The van der Waals surface area contributed by atoms with E-state index in [1.165, 1.54) is 16.3 Å². The van der Waals surface area contributed by atoms with Crippen LogP contribution in [0.25, 0.3) is 0 Å². The van der Waals surface area contributed by atoms with Crippen LogP contribution < -0.4 is 10.9 Å². The molecule has 1 aliphatic rings. The standard InChI is InChI=1S/C18H17ClF3N3O2S2/c1-3-25-16(27)15-13(6-9(2)29-15)24-17(25)28-8-14(26)23-12-7-10(18(20,21)22)4-5-11(12)19/h4-5,7,9H,3,6,8H2,1-2H3,(H,23,26)/t9-/m1/s1. The molecule has 2 heterocycles. The highest BCUT2D eigenvalue weighted by atomic mass is 35.5. The summed E-state index contributed by atoms with van der Waals surface area (Å²) in [6.45, 7) is 4.23. The zero-order chi connectivity index (χ0) is 21.3. The van der Waals surface area contributed by atoms with E-state index in [2.05, 4.69) is 10.3 Å². The van der Waals surface area contributed by atoms with Crippen molar-refractivity contribution in [2.24, 2.45) is 0 Å². The quantitative estimate of drug-likeness (QED) is 0.514. The second-order valence-electron chi connectivity index (χ2n) is 6.38. The van der Waals surface area contributed by atoms with Gasteiger partial charge in [-0.25, -0.2) is 4.98 Å². The van der Waals surface area contributed by atoms with Crippen molar-refractivity contribution in [3.05, 3.63) is 44.8 Å². The first-order valence-corrected chi connectivity index (χ1v) is 10.9. The monoisotopic (exact) mass is 463 g/mol. The lowest BCUT2D eigenvalue weighted by atomic mass is 10.2. The lowest BCUT2D eigenvalue weighted by molar-refractivity contribution is -0.137. The summed E-state index contributed by atoms with van der Waals surface area (Å²) < 4.78 is 40.1. The first-order valence-electron chi connectivity index (χ1n) is 8.70. The largest absolute Gasteiger partial charge is 0.416 e. The number of carbonyl (C=O) groups excluding carboxylic acids is 1. The molecule has 0 bridgehead atoms. The van der Waals surface area contributed by atoms with E-state index >= 15 is 0 Å². The summed E-state index contributed by atoms with van der Waals surface area (Å²) in [5, 5.41) is 3.08. The third-order valence-corrected chi connectivity index (χ3v) is 6.70. The minimum absolute atomic E-state index is 0.00323. The van der Waals surface area contributed by atoms with Crippen LogP contribution in [0, 0.1) is 0 Å². The van der Waals surface area contributed by atoms with Crippen LogP contribution in [0.15, 0.2) is 33.0 Å². The number of alkyl halides is 3. The van der Waals surface area contributed by atoms with Crippen molar-refractivity contribution in [3.8, 4) is 0 Å². The Morgan fingerprint density at radius 2 is 2.17 bits per heavy atom. The van der Waals surface area contributed by atoms with E-state index < -0.39 is 17.6 Å². The van der Waals surface area contributed by atoms with Gasteiger partial charge >= 0.3 is 6.18 Å². The zero-order valence-electron chi connectivity index (χ0n) is 15.5. The molecule has 1 atom stereocenters. The van der Waals surface area contributed by atoms with Gasteiger partial charge in [0.1, 0.15) is 0 Å². The maximum absolute atomic E-state index is 12.9. The van der Waals surface area contributed by atoms with Crippen LogP contribution >= 0.6 is 35.1 Å². The van der Waals surface area contributed by atoms with E-state index in [0.717, 1.165) is 35.7 Å². The maximum Gasteiger partial charge on any atom is 0.416 e. The number of aromatic nitrogens is 2. The number of fused-ring (bicyclic) bond motifs is 1. The lowest BCUT2D eigenvalue weighted by Crippen LogP contribution is -2.25. The molecule has 156 valence electrons. The fourth-order valence-corrected chi connectivity index (χ4v) is 4.99. The van der Waals surface area contributed by atoms with Gasteiger partial charge in [0.25, 0.3) is 5.56 Å². The van der Waals surface area contributed by atoms with E-state index in [1.54, 1.807) is 0 Å². The summed E-state index contributed by atoms with van der Waals surface area (Å²) in [6.07, 6.45) is -3.86. The molecule has 3 rings (SSSR count). The average molecular weight is 464 g/mol. The second-order valence-corrected chi connectivity index (χ2v) is 9.18. The fourth-order valence-electron chi connectivity index (χ4n) is 2.83. The highest BCUT2D eigenvalue weighted by Crippen LogP contribution is 2.35. The Labute approximate surface area is 178 Å². The number of carbonyl (C=O) groups is 1. The number of halogens is 4. The van der Waals surface area contributed by atoms with Crippen LogP contribution in [0.3, 0.4) is 0 Å². The van der Waals surface area contributed by atoms with Gasteiger partial charge in [0.2, 0.25) is 5.91 Å². The summed E-state index contributed by atoms with van der Waals surface area (Å²) >= 11 is 8.46. The van der Waals surface area contributed by atoms with Gasteiger partial charge in [0.05, 0.1) is 32.6 Å². The number of nitrogens with zero attached hydrogens (tertiary/aromatic N) is 2. The minimum Gasteiger partial charge on any atom is -0.324 e. The van der Waals surface area contributed by atoms with Crippen LogP contribution in [0.5, 0.6) is 0 Å². The summed E-state index contributed by atoms with van der Waals surface area (Å²) in [5.41, 5.74) is -0.430. The molecule has 1 amide bonds. The lowest BCUT2D eigenvalue weighted by Gasteiger charge is -2.13. The molecule has 1 N–H and O–H groups in total. The van der Waals surface area contributed by atoms with Gasteiger partial charge in [-0.15, -0.1) is 11.8 Å². The number of nitrogens with one attached hydrogen (secondary N) is 1. The van der Waals surface area contributed by atoms with Gasteiger partial charge in [-0.3, -0.25) is 14.2 Å². The number of benzene rings is 1. The van der Waals surface area contributed by atoms with Crippen molar-refractivity contribution in [1.82, 2.24) is 9.55 Å². The van der Waals surface area contributed by atoms with E-state index in [1.807, 2.05) is 13.8 Å². The highest BCUT2D eigenvalue weighted by Gasteiger charge is 2.31. The Balaban J connectivity index is 1.75. The Kier molecular flexibility index (Phi) is 6.54. The van der Waals surface area contributed by atoms with Crippen molar-refractivity contribution in [3.63, 3.8) is 0 Å². The summed E-state index contributed by atoms with van der Waals surface area (Å²) in [6, 6.07) is 2.72. The molecule has 1 aliphatic heterocycles. The number of thioether (sulfide) groups is 2. The van der Waals surface area contributed by atoms with E-state index in [9.17, 15) is 22.8 Å². The van der Waals surface area contributed by atoms with Crippen LogP contribution in [0.1, 0.15) is 25.1 Å². The smallest absolute Gasteiger partial charge is 0.324 e. The van der Waals surface area contributed by atoms with Crippen molar-refractivity contribution in [1.29, 1.82) is 0 Å². The molecule has 0 saturated carbocycles. The SMILES string of the molecule is CCn1c(SCC(=O)Nc2cc(C(F)(F)F)ccc2Cl)nc2c(c1=O)S[C@H](C)C2. The topological polar surface area (TPSA) is 64.0 Å². The molecule has 0 unspecified atom stereocenters. The Morgan fingerprint density at radius 1 is 1.45 bits per heavy atom. The molecular formula is C18H17ClF3N3O2S2. The van der Waals surface area contributed by atoms with E-state index in [0.29, 0.717) is 23.0 Å². The average Bonchev–Trinajstić information content (AvgIpc) is 3.01. The van der Waals surface area contributed by atoms with E-state index in [4.69, 9.17) is 11.6 Å². The van der Waals surface area contributed by atoms with E-state index in [-0.39, 0.29) is 27.3 Å². The highest BCUT2D eigenvalue weighted by molar-refractivity contribution is 8.00. The molecule has 2 aromatic rings. The molecule has 0 radical (unpaired) electrons. The first-order chi connectivity index (χ1) is 13.6. The molecule has 0 fully saturated rings. The second kappa shape index (κ2) is 8.61. The van der Waals surface area contributed by atoms with Crippen molar-refractivity contribution in [2.75, 3.05) is 11.1 Å². The molecule has 1 aromatic heterocycles. The third kappa shape index (κ3) is 4.92. The summed E-state index contributed by atoms with van der Waals surface area (Å²) in [5.74, 6) is -0.670. The number of hydrogen-bond donors (Lipinski definition) is 1. The van der Waals surface area contributed by atoms with Gasteiger partial charge in [-0.1, -0.05) is 30.3 Å². The predicted octanol–water partition coefficient (Wildman–Crippen LogP) is 4.70. The van der Waals surface area contributed by atoms with Crippen LogP contribution in [-0.2, 0) is 23.9 Å². The van der Waals surface area contributed by atoms with Gasteiger partial charge in [-0.05, 0) is 25.1 Å². The summed E-state index contributed by atoms with van der Waals surface area (Å²) in [7, 11) is 0. The number of rotatable bonds is 5. The predicted molar refractivity (Wildman–Crippen MR) is 109 cm³/mol. The molecule has 5 nitrogen and oxygen atoms in total. The minimum atomic E-state index is -4.54. The maximum atomic E-state index is 12.9. The van der Waals surface area contributed by atoms with Gasteiger partial charge < -0.3 is 5.32 Å². The molecule has 0 spiro atoms. The van der Waals surface area contributed by atoms with Crippen molar-refractivity contribution in [2.45, 2.75) is 48.3 Å². The molecule has 1 aromatic carbocycles. The van der Waals surface area contributed by atoms with Gasteiger partial charge in [0, 0.05) is 18.2 Å². The Hall–Kier alpha value is -1.65. The molecular weight excluding hydrogens is 447 g/mol. The number of amides is 1. The molecule has 0 aliphatic carbocycles. The molecule has 0 saturated heterocycles. The van der Waals surface area contributed by atoms with Crippen LogP contribution in [0.4, 0.5) is 18.9 Å². The van der Waals surface area contributed by atoms with Crippen LogP contribution in [0.2, 0.25) is 5.02 Å². The van der Waals surface area contributed by atoms with Crippen LogP contribution in [-0.4, -0.2) is 26.5 Å². The zero-order valence-corrected chi connectivity index (χ0v) is 17.9.